The van der Waals surface area contributed by atoms with E-state index in [1.54, 1.807) is 10.9 Å². The summed E-state index contributed by atoms with van der Waals surface area (Å²) in [6, 6.07) is 9.96. The molecular formula is C18H21N7O. The molecular weight excluding hydrogens is 330 g/mol. The number of benzene rings is 1. The van der Waals surface area contributed by atoms with Crippen molar-refractivity contribution in [3.05, 3.63) is 48.9 Å². The molecule has 26 heavy (non-hydrogen) atoms. The molecule has 1 N–H and O–H groups in total. The summed E-state index contributed by atoms with van der Waals surface area (Å²) in [5.41, 5.74) is 1.93. The van der Waals surface area contributed by atoms with Gasteiger partial charge in [0.05, 0.1) is 12.2 Å². The molecule has 134 valence electrons. The van der Waals surface area contributed by atoms with Crippen molar-refractivity contribution < 1.29 is 4.79 Å². The fraction of sp³-hybridized carbons (Fsp3) is 0.333. The lowest BCUT2D eigenvalue weighted by Crippen LogP contribution is -2.43. The van der Waals surface area contributed by atoms with E-state index in [-0.39, 0.29) is 12.1 Å². The van der Waals surface area contributed by atoms with Crippen molar-refractivity contribution in [2.75, 3.05) is 18.4 Å². The van der Waals surface area contributed by atoms with Crippen LogP contribution >= 0.6 is 0 Å². The fourth-order valence-electron chi connectivity index (χ4n) is 3.36. The van der Waals surface area contributed by atoms with Crippen molar-refractivity contribution in [1.29, 1.82) is 0 Å². The average molecular weight is 351 g/mol. The highest BCUT2D eigenvalue weighted by Gasteiger charge is 2.26. The molecule has 1 aliphatic heterocycles. The Labute approximate surface area is 151 Å². The van der Waals surface area contributed by atoms with E-state index < -0.39 is 0 Å². The Morgan fingerprint density at radius 2 is 2.12 bits per heavy atom. The summed E-state index contributed by atoms with van der Waals surface area (Å²) in [7, 11) is 1.85. The molecule has 1 aromatic carbocycles. The van der Waals surface area contributed by atoms with Crippen LogP contribution in [0.3, 0.4) is 0 Å². The van der Waals surface area contributed by atoms with Gasteiger partial charge in [-0.2, -0.15) is 5.10 Å². The number of anilines is 1. The minimum Gasteiger partial charge on any atom is -0.322 e. The molecule has 1 unspecified atom stereocenters. The highest BCUT2D eigenvalue weighted by Crippen LogP contribution is 2.27. The molecule has 0 radical (unpaired) electrons. The second kappa shape index (κ2) is 6.99. The molecule has 3 heterocycles. The average Bonchev–Trinajstić information content (AvgIpc) is 3.32. The zero-order valence-electron chi connectivity index (χ0n) is 14.6. The van der Waals surface area contributed by atoms with E-state index in [2.05, 4.69) is 20.7 Å². The van der Waals surface area contributed by atoms with Crippen molar-refractivity contribution in [2.24, 2.45) is 7.05 Å². The zero-order chi connectivity index (χ0) is 17.9. The number of hydrogen-bond donors (Lipinski definition) is 1. The Morgan fingerprint density at radius 1 is 1.27 bits per heavy atom. The zero-order valence-corrected chi connectivity index (χ0v) is 14.6. The van der Waals surface area contributed by atoms with Crippen LogP contribution in [0.4, 0.5) is 10.6 Å². The number of piperidine rings is 1. The minimum atomic E-state index is -0.134. The van der Waals surface area contributed by atoms with Gasteiger partial charge in [-0.05, 0) is 18.4 Å². The first-order valence-electron chi connectivity index (χ1n) is 8.71. The number of carbonyl (C=O) groups is 1. The molecule has 4 rings (SSSR count). The van der Waals surface area contributed by atoms with E-state index in [0.29, 0.717) is 12.4 Å². The number of urea groups is 1. The summed E-state index contributed by atoms with van der Waals surface area (Å²) in [4.78, 5) is 14.6. The lowest BCUT2D eigenvalue weighted by Gasteiger charge is -2.32. The molecule has 1 atom stereocenters. The second-order valence-electron chi connectivity index (χ2n) is 6.49. The number of rotatable bonds is 3. The molecule has 1 saturated heterocycles. The summed E-state index contributed by atoms with van der Waals surface area (Å²) in [5, 5.41) is 15.3. The predicted octanol–water partition coefficient (Wildman–Crippen LogP) is 2.55. The first kappa shape index (κ1) is 16.3. The maximum atomic E-state index is 12.8. The van der Waals surface area contributed by atoms with E-state index in [1.165, 1.54) is 0 Å². The number of amides is 2. The Balaban J connectivity index is 1.50. The van der Waals surface area contributed by atoms with Gasteiger partial charge in [-0.15, -0.1) is 5.10 Å². The standard InChI is InChI=1S/C18H21N7O/c1-23-13-16(14-6-3-2-4-7-14)17(21-23)20-18(26)24-10-5-8-15(12-24)25-11-9-19-22-25/h2-4,6-7,9,11,13,15H,5,8,10,12H2,1H3,(H,20,21,26). The molecule has 2 amide bonds. The van der Waals surface area contributed by atoms with Gasteiger partial charge in [-0.3, -0.25) is 10.00 Å². The van der Waals surface area contributed by atoms with E-state index >= 15 is 0 Å². The molecule has 1 fully saturated rings. The van der Waals surface area contributed by atoms with Crippen LogP contribution in [-0.2, 0) is 7.05 Å². The lowest BCUT2D eigenvalue weighted by atomic mass is 10.1. The van der Waals surface area contributed by atoms with Crippen molar-refractivity contribution in [3.8, 4) is 11.1 Å². The fourth-order valence-corrected chi connectivity index (χ4v) is 3.36. The van der Waals surface area contributed by atoms with Gasteiger partial charge >= 0.3 is 6.03 Å². The van der Waals surface area contributed by atoms with Crippen LogP contribution in [0.2, 0.25) is 0 Å². The van der Waals surface area contributed by atoms with Gasteiger partial charge in [-0.1, -0.05) is 35.5 Å². The molecule has 0 spiro atoms. The third-order valence-corrected chi connectivity index (χ3v) is 4.64. The number of aryl methyl sites for hydroxylation is 1. The van der Waals surface area contributed by atoms with E-state index in [4.69, 9.17) is 0 Å². The summed E-state index contributed by atoms with van der Waals surface area (Å²) in [6.07, 6.45) is 7.36. The highest BCUT2D eigenvalue weighted by molar-refractivity contribution is 5.93. The van der Waals surface area contributed by atoms with Crippen molar-refractivity contribution >= 4 is 11.8 Å². The summed E-state index contributed by atoms with van der Waals surface area (Å²) < 4.78 is 3.54. The molecule has 8 heteroatoms. The van der Waals surface area contributed by atoms with E-state index in [9.17, 15) is 4.79 Å². The Hall–Kier alpha value is -3.16. The third-order valence-electron chi connectivity index (χ3n) is 4.64. The molecule has 2 aromatic heterocycles. The summed E-state index contributed by atoms with van der Waals surface area (Å²) >= 11 is 0. The summed E-state index contributed by atoms with van der Waals surface area (Å²) in [5.74, 6) is 0.576. The monoisotopic (exact) mass is 351 g/mol. The Bertz CT molecular complexity index is 872. The van der Waals surface area contributed by atoms with Crippen molar-refractivity contribution in [2.45, 2.75) is 18.9 Å². The minimum absolute atomic E-state index is 0.134. The topological polar surface area (TPSA) is 80.9 Å². The third kappa shape index (κ3) is 3.30. The van der Waals surface area contributed by atoms with Gasteiger partial charge in [0.25, 0.3) is 0 Å². The van der Waals surface area contributed by atoms with Gasteiger partial charge in [-0.25, -0.2) is 9.48 Å². The Kier molecular flexibility index (Phi) is 4.39. The van der Waals surface area contributed by atoms with Crippen LogP contribution in [-0.4, -0.2) is 48.8 Å². The van der Waals surface area contributed by atoms with Gasteiger partial charge in [0, 0.05) is 38.1 Å². The van der Waals surface area contributed by atoms with Gasteiger partial charge < -0.3 is 4.90 Å². The quantitative estimate of drug-likeness (QED) is 0.786. The van der Waals surface area contributed by atoms with Crippen molar-refractivity contribution in [3.63, 3.8) is 0 Å². The Morgan fingerprint density at radius 3 is 2.88 bits per heavy atom. The highest BCUT2D eigenvalue weighted by atomic mass is 16.2. The molecule has 8 nitrogen and oxygen atoms in total. The first-order valence-corrected chi connectivity index (χ1v) is 8.71. The van der Waals surface area contributed by atoms with E-state index in [1.807, 2.05) is 59.4 Å². The van der Waals surface area contributed by atoms with Crippen LogP contribution in [0.5, 0.6) is 0 Å². The maximum Gasteiger partial charge on any atom is 0.323 e. The molecule has 1 aliphatic rings. The van der Waals surface area contributed by atoms with Gasteiger partial charge in [0.2, 0.25) is 0 Å². The van der Waals surface area contributed by atoms with Crippen LogP contribution in [0.1, 0.15) is 18.9 Å². The number of carbonyl (C=O) groups excluding carboxylic acids is 1. The molecule has 0 aliphatic carbocycles. The van der Waals surface area contributed by atoms with Crippen LogP contribution in [0.25, 0.3) is 11.1 Å². The van der Waals surface area contributed by atoms with E-state index in [0.717, 1.165) is 30.5 Å². The molecule has 3 aromatic rings. The number of nitrogens with one attached hydrogen (secondary N) is 1. The summed E-state index contributed by atoms with van der Waals surface area (Å²) in [6.45, 7) is 1.34. The molecule has 0 bridgehead atoms. The molecule has 0 saturated carbocycles. The smallest absolute Gasteiger partial charge is 0.322 e. The number of hydrogen-bond acceptors (Lipinski definition) is 4. The number of nitrogens with zero attached hydrogens (tertiary/aromatic N) is 6. The largest absolute Gasteiger partial charge is 0.323 e. The number of likely N-dealkylation sites (tertiary alicyclic amines) is 1. The van der Waals surface area contributed by atoms with Gasteiger partial charge in [0.15, 0.2) is 5.82 Å². The van der Waals surface area contributed by atoms with Crippen LogP contribution < -0.4 is 5.32 Å². The number of aromatic nitrogens is 5. The predicted molar refractivity (Wildman–Crippen MR) is 97.5 cm³/mol. The normalized spacial score (nSPS) is 17.3. The SMILES string of the molecule is Cn1cc(-c2ccccc2)c(NC(=O)N2CCCC(n3ccnn3)C2)n1. The van der Waals surface area contributed by atoms with Crippen LogP contribution in [0, 0.1) is 0 Å². The lowest BCUT2D eigenvalue weighted by molar-refractivity contribution is 0.174. The van der Waals surface area contributed by atoms with Crippen molar-refractivity contribution in [1.82, 2.24) is 29.7 Å². The maximum absolute atomic E-state index is 12.8. The van der Waals surface area contributed by atoms with Crippen LogP contribution in [0.15, 0.2) is 48.9 Å². The van der Waals surface area contributed by atoms with Gasteiger partial charge in [0.1, 0.15) is 0 Å². The second-order valence-corrected chi connectivity index (χ2v) is 6.49. The first-order chi connectivity index (χ1) is 12.7.